The van der Waals surface area contributed by atoms with Gasteiger partial charge in [0.25, 0.3) is 0 Å². The third-order valence-corrected chi connectivity index (χ3v) is 3.62. The van der Waals surface area contributed by atoms with Gasteiger partial charge in [0.1, 0.15) is 0 Å². The van der Waals surface area contributed by atoms with Crippen molar-refractivity contribution in [1.29, 1.82) is 5.26 Å². The molecule has 0 aliphatic rings. The average Bonchev–Trinajstić information content (AvgIpc) is 2.79. The zero-order valence-corrected chi connectivity index (χ0v) is 12.3. The van der Waals surface area contributed by atoms with Gasteiger partial charge in [-0.25, -0.2) is 4.98 Å². The predicted octanol–water partition coefficient (Wildman–Crippen LogP) is 3.09. The second kappa shape index (κ2) is 8.06. The first kappa shape index (κ1) is 14.9. The summed E-state index contributed by atoms with van der Waals surface area (Å²) in [4.78, 5) is 7.92. The van der Waals surface area contributed by atoms with Gasteiger partial charge in [0.05, 0.1) is 6.07 Å². The monoisotopic (exact) mass is 266 g/mol. The Morgan fingerprint density at radius 3 is 2.94 bits per heavy atom. The van der Waals surface area contributed by atoms with Crippen LogP contribution in [0.1, 0.15) is 38.5 Å². The van der Waals surface area contributed by atoms with Gasteiger partial charge in [0, 0.05) is 43.2 Å². The molecule has 0 atom stereocenters. The second-order valence-electron chi connectivity index (χ2n) is 4.53. The molecule has 1 aromatic rings. The number of nitrogens with one attached hydrogen (secondary N) is 1. The zero-order valence-electron chi connectivity index (χ0n) is 11.4. The highest BCUT2D eigenvalue weighted by molar-refractivity contribution is 7.15. The number of thiazole rings is 1. The lowest BCUT2D eigenvalue weighted by Crippen LogP contribution is -2.30. The van der Waals surface area contributed by atoms with Crippen molar-refractivity contribution < 1.29 is 0 Å². The van der Waals surface area contributed by atoms with Crippen molar-refractivity contribution in [2.45, 2.75) is 46.2 Å². The molecular formula is C13H22N4S. The lowest BCUT2D eigenvalue weighted by atomic mass is 10.3. The molecule has 0 aliphatic carbocycles. The number of hydrogen-bond donors (Lipinski definition) is 1. The van der Waals surface area contributed by atoms with Crippen LogP contribution in [-0.2, 0) is 6.54 Å². The van der Waals surface area contributed by atoms with Gasteiger partial charge in [-0.1, -0.05) is 6.92 Å². The quantitative estimate of drug-likeness (QED) is 0.785. The summed E-state index contributed by atoms with van der Waals surface area (Å²) in [7, 11) is 0. The summed E-state index contributed by atoms with van der Waals surface area (Å²) in [5.41, 5.74) is 0. The molecule has 1 rings (SSSR count). The van der Waals surface area contributed by atoms with Crippen LogP contribution in [0.25, 0.3) is 0 Å². The van der Waals surface area contributed by atoms with Gasteiger partial charge in [0.2, 0.25) is 0 Å². The van der Waals surface area contributed by atoms with Crippen molar-refractivity contribution in [1.82, 2.24) is 9.88 Å². The normalized spacial score (nSPS) is 10.9. The van der Waals surface area contributed by atoms with E-state index in [1.807, 2.05) is 6.20 Å². The van der Waals surface area contributed by atoms with Crippen LogP contribution in [0, 0.1) is 11.3 Å². The summed E-state index contributed by atoms with van der Waals surface area (Å²) < 4.78 is 0. The lowest BCUT2D eigenvalue weighted by Gasteiger charge is -2.24. The smallest absolute Gasteiger partial charge is 0.182 e. The summed E-state index contributed by atoms with van der Waals surface area (Å²) >= 11 is 1.71. The van der Waals surface area contributed by atoms with E-state index >= 15 is 0 Å². The molecule has 0 bridgehead atoms. The minimum absolute atomic E-state index is 0.451. The minimum Gasteiger partial charge on any atom is -0.362 e. The molecule has 0 saturated heterocycles. The average molecular weight is 266 g/mol. The molecule has 5 heteroatoms. The lowest BCUT2D eigenvalue weighted by molar-refractivity contribution is 0.219. The van der Waals surface area contributed by atoms with Gasteiger partial charge in [-0.3, -0.25) is 4.90 Å². The number of aromatic nitrogens is 1. The molecule has 4 nitrogen and oxygen atoms in total. The van der Waals surface area contributed by atoms with Crippen molar-refractivity contribution in [3.8, 4) is 6.07 Å². The van der Waals surface area contributed by atoms with Crippen molar-refractivity contribution in [2.24, 2.45) is 0 Å². The Morgan fingerprint density at radius 1 is 1.56 bits per heavy atom. The maximum Gasteiger partial charge on any atom is 0.182 e. The molecule has 1 aromatic heterocycles. The largest absolute Gasteiger partial charge is 0.362 e. The van der Waals surface area contributed by atoms with E-state index in [1.54, 1.807) is 11.3 Å². The van der Waals surface area contributed by atoms with E-state index in [1.165, 1.54) is 4.88 Å². The zero-order chi connectivity index (χ0) is 13.4. The van der Waals surface area contributed by atoms with Gasteiger partial charge in [-0.05, 0) is 20.3 Å². The molecule has 0 spiro atoms. The Morgan fingerprint density at radius 2 is 2.33 bits per heavy atom. The third-order valence-electron chi connectivity index (χ3n) is 2.68. The highest BCUT2D eigenvalue weighted by atomic mass is 32.1. The molecule has 18 heavy (non-hydrogen) atoms. The van der Waals surface area contributed by atoms with E-state index < -0.39 is 0 Å². The van der Waals surface area contributed by atoms with Crippen molar-refractivity contribution in [2.75, 3.05) is 18.4 Å². The molecule has 0 unspecified atom stereocenters. The summed E-state index contributed by atoms with van der Waals surface area (Å²) in [6.07, 6.45) is 3.62. The molecule has 0 radical (unpaired) electrons. The first-order valence-electron chi connectivity index (χ1n) is 6.47. The predicted molar refractivity (Wildman–Crippen MR) is 76.7 cm³/mol. The maximum atomic E-state index is 8.67. The fourth-order valence-electron chi connectivity index (χ4n) is 1.61. The Balaban J connectivity index is 2.52. The Bertz CT molecular complexity index is 381. The number of nitriles is 1. The van der Waals surface area contributed by atoms with Crippen molar-refractivity contribution >= 4 is 16.5 Å². The Kier molecular flexibility index (Phi) is 6.69. The number of rotatable bonds is 8. The van der Waals surface area contributed by atoms with Crippen LogP contribution in [0.4, 0.5) is 5.13 Å². The summed E-state index contributed by atoms with van der Waals surface area (Å²) in [5, 5.41) is 13.0. The van der Waals surface area contributed by atoms with Gasteiger partial charge in [-0.15, -0.1) is 11.3 Å². The molecule has 0 aromatic carbocycles. The topological polar surface area (TPSA) is 52.0 Å². The van der Waals surface area contributed by atoms with Gasteiger partial charge in [-0.2, -0.15) is 5.26 Å². The van der Waals surface area contributed by atoms with Crippen LogP contribution in [-0.4, -0.2) is 29.0 Å². The SMILES string of the molecule is CCCNc1ncc(CN(CCC#N)C(C)C)s1. The second-order valence-corrected chi connectivity index (χ2v) is 5.65. The first-order valence-corrected chi connectivity index (χ1v) is 7.28. The molecule has 100 valence electrons. The molecule has 0 aliphatic heterocycles. The molecule has 0 saturated carbocycles. The maximum absolute atomic E-state index is 8.67. The van der Waals surface area contributed by atoms with Crippen LogP contribution >= 0.6 is 11.3 Å². The fraction of sp³-hybridized carbons (Fsp3) is 0.692. The van der Waals surface area contributed by atoms with Crippen LogP contribution in [0.15, 0.2) is 6.20 Å². The van der Waals surface area contributed by atoms with Gasteiger partial charge in [0.15, 0.2) is 5.13 Å². The Labute approximate surface area is 114 Å². The summed E-state index contributed by atoms with van der Waals surface area (Å²) in [6.45, 7) is 9.14. The molecule has 1 N–H and O–H groups in total. The van der Waals surface area contributed by atoms with Crippen molar-refractivity contribution in [3.63, 3.8) is 0 Å². The Hall–Kier alpha value is -1.12. The summed E-state index contributed by atoms with van der Waals surface area (Å²) in [6, 6.07) is 2.66. The molecule has 1 heterocycles. The van der Waals surface area contributed by atoms with Crippen LogP contribution in [0.3, 0.4) is 0 Å². The van der Waals surface area contributed by atoms with E-state index in [0.29, 0.717) is 12.5 Å². The van der Waals surface area contributed by atoms with Crippen LogP contribution in [0.5, 0.6) is 0 Å². The van der Waals surface area contributed by atoms with Gasteiger partial charge >= 0.3 is 0 Å². The number of anilines is 1. The van der Waals surface area contributed by atoms with Crippen molar-refractivity contribution in [3.05, 3.63) is 11.1 Å². The van der Waals surface area contributed by atoms with E-state index in [2.05, 4.69) is 42.0 Å². The highest BCUT2D eigenvalue weighted by Crippen LogP contribution is 2.20. The van der Waals surface area contributed by atoms with E-state index in [0.717, 1.165) is 31.2 Å². The standard InChI is InChI=1S/C13H22N4S/c1-4-7-15-13-16-9-12(18-13)10-17(11(2)3)8-5-6-14/h9,11H,4-5,7-8,10H2,1-3H3,(H,15,16). The van der Waals surface area contributed by atoms with E-state index in [-0.39, 0.29) is 0 Å². The molecular weight excluding hydrogens is 244 g/mol. The van der Waals surface area contributed by atoms with E-state index in [9.17, 15) is 0 Å². The highest BCUT2D eigenvalue weighted by Gasteiger charge is 2.11. The minimum atomic E-state index is 0.451. The first-order chi connectivity index (χ1) is 8.67. The number of nitrogens with zero attached hydrogens (tertiary/aromatic N) is 3. The molecule has 0 fully saturated rings. The van der Waals surface area contributed by atoms with Crippen LogP contribution in [0.2, 0.25) is 0 Å². The number of hydrogen-bond acceptors (Lipinski definition) is 5. The molecule has 0 amide bonds. The van der Waals surface area contributed by atoms with Crippen LogP contribution < -0.4 is 5.32 Å². The van der Waals surface area contributed by atoms with E-state index in [4.69, 9.17) is 5.26 Å². The fourth-order valence-corrected chi connectivity index (χ4v) is 2.47. The third kappa shape index (κ3) is 5.03. The van der Waals surface area contributed by atoms with Gasteiger partial charge < -0.3 is 5.32 Å². The summed E-state index contributed by atoms with van der Waals surface area (Å²) in [5.74, 6) is 0.